The van der Waals surface area contributed by atoms with Crippen molar-refractivity contribution in [3.63, 3.8) is 0 Å². The molecule has 0 radical (unpaired) electrons. The maximum Gasteiger partial charge on any atom is 0.218 e. The van der Waals surface area contributed by atoms with Crippen LogP contribution in [0, 0.1) is 5.92 Å². The summed E-state index contributed by atoms with van der Waals surface area (Å²) in [6.07, 6.45) is 8.40. The van der Waals surface area contributed by atoms with Gasteiger partial charge in [-0.3, -0.25) is 0 Å². The third-order valence-electron chi connectivity index (χ3n) is 3.27. The molecule has 4 nitrogen and oxygen atoms in total. The van der Waals surface area contributed by atoms with Gasteiger partial charge in [0, 0.05) is 12.6 Å². The van der Waals surface area contributed by atoms with E-state index >= 15 is 0 Å². The lowest BCUT2D eigenvalue weighted by molar-refractivity contribution is 0.326. The second kappa shape index (κ2) is 6.42. The van der Waals surface area contributed by atoms with E-state index in [2.05, 4.69) is 15.3 Å². The van der Waals surface area contributed by atoms with Gasteiger partial charge in [-0.2, -0.15) is 0 Å². The van der Waals surface area contributed by atoms with Gasteiger partial charge in [0.25, 0.3) is 0 Å². The Bertz CT molecular complexity index is 337. The van der Waals surface area contributed by atoms with Crippen LogP contribution < -0.4 is 10.1 Å². The SMILES string of the molecule is CCOc1cc(NCCC2CCCC2)ncn1. The summed E-state index contributed by atoms with van der Waals surface area (Å²) in [7, 11) is 0. The van der Waals surface area contributed by atoms with Crippen LogP contribution >= 0.6 is 0 Å². The fourth-order valence-corrected chi connectivity index (χ4v) is 2.37. The molecule has 1 aromatic heterocycles. The van der Waals surface area contributed by atoms with E-state index in [0.717, 1.165) is 18.3 Å². The summed E-state index contributed by atoms with van der Waals surface area (Å²) in [5, 5.41) is 3.34. The maximum atomic E-state index is 5.34. The molecule has 1 aliphatic carbocycles. The van der Waals surface area contributed by atoms with Crippen molar-refractivity contribution in [1.29, 1.82) is 0 Å². The van der Waals surface area contributed by atoms with Gasteiger partial charge in [0.1, 0.15) is 12.1 Å². The van der Waals surface area contributed by atoms with Crippen molar-refractivity contribution in [2.45, 2.75) is 39.0 Å². The summed E-state index contributed by atoms with van der Waals surface area (Å²) in [5.41, 5.74) is 0. The number of anilines is 1. The van der Waals surface area contributed by atoms with Crippen LogP contribution in [0.4, 0.5) is 5.82 Å². The molecule has 1 aliphatic rings. The second-order valence-corrected chi connectivity index (χ2v) is 4.54. The van der Waals surface area contributed by atoms with Crippen LogP contribution in [0.15, 0.2) is 12.4 Å². The summed E-state index contributed by atoms with van der Waals surface area (Å²) in [6, 6.07) is 1.86. The summed E-state index contributed by atoms with van der Waals surface area (Å²) in [6.45, 7) is 3.58. The molecule has 2 rings (SSSR count). The lowest BCUT2D eigenvalue weighted by atomic mass is 10.0. The zero-order chi connectivity index (χ0) is 11.9. The minimum Gasteiger partial charge on any atom is -0.478 e. The Morgan fingerprint density at radius 1 is 1.35 bits per heavy atom. The molecule has 4 heteroatoms. The van der Waals surface area contributed by atoms with Gasteiger partial charge < -0.3 is 10.1 Å². The standard InChI is InChI=1S/C13H21N3O/c1-2-17-13-9-12(15-10-16-13)14-8-7-11-5-3-4-6-11/h9-11H,2-8H2,1H3,(H,14,15,16). The lowest BCUT2D eigenvalue weighted by Crippen LogP contribution is -2.08. The van der Waals surface area contributed by atoms with E-state index in [1.165, 1.54) is 32.1 Å². The van der Waals surface area contributed by atoms with Crippen molar-refractivity contribution < 1.29 is 4.74 Å². The Morgan fingerprint density at radius 2 is 2.18 bits per heavy atom. The number of nitrogens with one attached hydrogen (secondary N) is 1. The molecule has 1 N–H and O–H groups in total. The van der Waals surface area contributed by atoms with Crippen LogP contribution in [0.2, 0.25) is 0 Å². The highest BCUT2D eigenvalue weighted by Gasteiger charge is 2.14. The zero-order valence-corrected chi connectivity index (χ0v) is 10.5. The molecule has 0 saturated heterocycles. The maximum absolute atomic E-state index is 5.34. The summed E-state index contributed by atoms with van der Waals surface area (Å²) in [5.74, 6) is 2.42. The van der Waals surface area contributed by atoms with E-state index in [4.69, 9.17) is 4.74 Å². The van der Waals surface area contributed by atoms with Gasteiger partial charge in [0.05, 0.1) is 6.61 Å². The number of rotatable bonds is 6. The molecule has 0 atom stereocenters. The largest absolute Gasteiger partial charge is 0.478 e. The van der Waals surface area contributed by atoms with E-state index < -0.39 is 0 Å². The van der Waals surface area contributed by atoms with Crippen LogP contribution in [0.25, 0.3) is 0 Å². The van der Waals surface area contributed by atoms with E-state index in [0.29, 0.717) is 12.5 Å². The van der Waals surface area contributed by atoms with Crippen LogP contribution in [0.1, 0.15) is 39.0 Å². The van der Waals surface area contributed by atoms with Gasteiger partial charge in [-0.15, -0.1) is 0 Å². The quantitative estimate of drug-likeness (QED) is 0.823. The van der Waals surface area contributed by atoms with Gasteiger partial charge in [-0.05, 0) is 19.3 Å². The summed E-state index contributed by atoms with van der Waals surface area (Å²) >= 11 is 0. The topological polar surface area (TPSA) is 47.0 Å². The van der Waals surface area contributed by atoms with Gasteiger partial charge >= 0.3 is 0 Å². The van der Waals surface area contributed by atoms with Crippen molar-refractivity contribution >= 4 is 5.82 Å². The smallest absolute Gasteiger partial charge is 0.218 e. The number of nitrogens with zero attached hydrogens (tertiary/aromatic N) is 2. The summed E-state index contributed by atoms with van der Waals surface area (Å²) < 4.78 is 5.34. The molecule has 1 saturated carbocycles. The number of aromatic nitrogens is 2. The molecular weight excluding hydrogens is 214 g/mol. The first-order valence-corrected chi connectivity index (χ1v) is 6.57. The number of ether oxygens (including phenoxy) is 1. The van der Waals surface area contributed by atoms with Gasteiger partial charge in [-0.1, -0.05) is 25.7 Å². The molecule has 0 amide bonds. The summed E-state index contributed by atoms with van der Waals surface area (Å²) in [4.78, 5) is 8.22. The van der Waals surface area contributed by atoms with Crippen molar-refractivity contribution in [2.24, 2.45) is 5.92 Å². The Hall–Kier alpha value is -1.32. The highest BCUT2D eigenvalue weighted by Crippen LogP contribution is 2.27. The molecule has 1 heterocycles. The molecule has 0 spiro atoms. The molecule has 0 unspecified atom stereocenters. The minimum absolute atomic E-state index is 0.637. The third kappa shape index (κ3) is 3.88. The second-order valence-electron chi connectivity index (χ2n) is 4.54. The highest BCUT2D eigenvalue weighted by molar-refractivity contribution is 5.36. The predicted molar refractivity (Wildman–Crippen MR) is 68.3 cm³/mol. The fourth-order valence-electron chi connectivity index (χ4n) is 2.37. The first kappa shape index (κ1) is 12.1. The van der Waals surface area contributed by atoms with Gasteiger partial charge in [-0.25, -0.2) is 9.97 Å². The van der Waals surface area contributed by atoms with Crippen molar-refractivity contribution in [3.8, 4) is 5.88 Å². The molecule has 94 valence electrons. The van der Waals surface area contributed by atoms with E-state index in [1.807, 2.05) is 13.0 Å². The number of hydrogen-bond acceptors (Lipinski definition) is 4. The molecule has 0 bridgehead atoms. The molecule has 1 fully saturated rings. The van der Waals surface area contributed by atoms with E-state index in [-0.39, 0.29) is 0 Å². The van der Waals surface area contributed by atoms with E-state index in [9.17, 15) is 0 Å². The fraction of sp³-hybridized carbons (Fsp3) is 0.692. The predicted octanol–water partition coefficient (Wildman–Crippen LogP) is 2.87. The molecule has 17 heavy (non-hydrogen) atoms. The Kier molecular flexibility index (Phi) is 4.59. The zero-order valence-electron chi connectivity index (χ0n) is 10.5. The van der Waals surface area contributed by atoms with Crippen molar-refractivity contribution in [1.82, 2.24) is 9.97 Å². The minimum atomic E-state index is 0.637. The first-order chi connectivity index (χ1) is 8.38. The van der Waals surface area contributed by atoms with Crippen molar-refractivity contribution in [2.75, 3.05) is 18.5 Å². The highest BCUT2D eigenvalue weighted by atomic mass is 16.5. The molecule has 0 aromatic carbocycles. The lowest BCUT2D eigenvalue weighted by Gasteiger charge is -2.10. The average molecular weight is 235 g/mol. The molecular formula is C13H21N3O. The number of hydrogen-bond donors (Lipinski definition) is 1. The van der Waals surface area contributed by atoms with E-state index in [1.54, 1.807) is 6.33 Å². The van der Waals surface area contributed by atoms with Crippen LogP contribution in [0.3, 0.4) is 0 Å². The van der Waals surface area contributed by atoms with Crippen molar-refractivity contribution in [3.05, 3.63) is 12.4 Å². The average Bonchev–Trinajstić information content (AvgIpc) is 2.83. The van der Waals surface area contributed by atoms with Gasteiger partial charge in [0.15, 0.2) is 0 Å². The van der Waals surface area contributed by atoms with Crippen LogP contribution in [-0.2, 0) is 0 Å². The Labute approximate surface area is 103 Å². The van der Waals surface area contributed by atoms with Crippen LogP contribution in [0.5, 0.6) is 5.88 Å². The Balaban J connectivity index is 1.75. The third-order valence-corrected chi connectivity index (χ3v) is 3.27. The monoisotopic (exact) mass is 235 g/mol. The Morgan fingerprint density at radius 3 is 2.94 bits per heavy atom. The van der Waals surface area contributed by atoms with Gasteiger partial charge in [0.2, 0.25) is 5.88 Å². The molecule has 1 aromatic rings. The van der Waals surface area contributed by atoms with Crippen LogP contribution in [-0.4, -0.2) is 23.1 Å². The first-order valence-electron chi connectivity index (χ1n) is 6.57. The molecule has 0 aliphatic heterocycles. The normalized spacial score (nSPS) is 16.1.